The van der Waals surface area contributed by atoms with Gasteiger partial charge in [-0.1, -0.05) is 12.1 Å². The Morgan fingerprint density at radius 1 is 1.50 bits per heavy atom. The van der Waals surface area contributed by atoms with Crippen molar-refractivity contribution in [3.8, 4) is 0 Å². The van der Waals surface area contributed by atoms with E-state index in [1.165, 1.54) is 11.3 Å². The first-order valence-electron chi connectivity index (χ1n) is 5.53. The van der Waals surface area contributed by atoms with Crippen LogP contribution in [0, 0.1) is 0 Å². The van der Waals surface area contributed by atoms with Gasteiger partial charge in [-0.05, 0) is 26.0 Å². The lowest BCUT2D eigenvalue weighted by molar-refractivity contribution is 0.152. The third kappa shape index (κ3) is 2.84. The van der Waals surface area contributed by atoms with E-state index in [1.807, 2.05) is 24.3 Å². The van der Waals surface area contributed by atoms with Crippen molar-refractivity contribution < 1.29 is 9.53 Å². The number of benzene rings is 1. The van der Waals surface area contributed by atoms with Gasteiger partial charge in [-0.25, -0.2) is 15.2 Å². The van der Waals surface area contributed by atoms with Crippen LogP contribution in [-0.4, -0.2) is 23.4 Å². The van der Waals surface area contributed by atoms with Gasteiger partial charge in [-0.15, -0.1) is 11.3 Å². The van der Waals surface area contributed by atoms with E-state index in [4.69, 9.17) is 4.74 Å². The quantitative estimate of drug-likeness (QED) is 0.684. The van der Waals surface area contributed by atoms with Crippen molar-refractivity contribution in [3.05, 3.63) is 29.3 Å². The Kier molecular flexibility index (Phi) is 3.88. The average Bonchev–Trinajstić information content (AvgIpc) is 2.80. The molecule has 2 rings (SSSR count). The number of nitrogens with one attached hydrogen (secondary N) is 1. The monoisotopic (exact) mass is 263 g/mol. The minimum atomic E-state index is -0.557. The van der Waals surface area contributed by atoms with Gasteiger partial charge in [0.25, 0.3) is 0 Å². The van der Waals surface area contributed by atoms with E-state index in [0.29, 0.717) is 12.3 Å². The van der Waals surface area contributed by atoms with Crippen LogP contribution >= 0.6 is 11.3 Å². The Labute approximate surface area is 108 Å². The van der Waals surface area contributed by atoms with Crippen LogP contribution in [-0.2, 0) is 4.74 Å². The van der Waals surface area contributed by atoms with Gasteiger partial charge in [-0.2, -0.15) is 5.10 Å². The third-order valence-corrected chi connectivity index (χ3v) is 3.34. The fourth-order valence-electron chi connectivity index (χ4n) is 1.37. The molecule has 1 aromatic carbocycles. The van der Waals surface area contributed by atoms with Crippen molar-refractivity contribution in [2.75, 3.05) is 6.61 Å². The van der Waals surface area contributed by atoms with Crippen LogP contribution in [0.15, 0.2) is 29.4 Å². The Bertz CT molecular complexity index is 559. The van der Waals surface area contributed by atoms with E-state index in [-0.39, 0.29) is 0 Å². The first-order valence-corrected chi connectivity index (χ1v) is 6.35. The highest BCUT2D eigenvalue weighted by molar-refractivity contribution is 7.20. The van der Waals surface area contributed by atoms with Gasteiger partial charge in [0.1, 0.15) is 5.01 Å². The Morgan fingerprint density at radius 3 is 3.00 bits per heavy atom. The molecular formula is C12H13N3O2S. The van der Waals surface area contributed by atoms with Gasteiger partial charge < -0.3 is 4.74 Å². The predicted octanol–water partition coefficient (Wildman–Crippen LogP) is 2.77. The summed E-state index contributed by atoms with van der Waals surface area (Å²) in [5.41, 5.74) is 3.91. The van der Waals surface area contributed by atoms with E-state index in [0.717, 1.165) is 15.2 Å². The molecule has 0 saturated carbocycles. The summed E-state index contributed by atoms with van der Waals surface area (Å²) in [6, 6.07) is 7.85. The Balaban J connectivity index is 2.15. The first-order chi connectivity index (χ1) is 8.70. The zero-order valence-electron chi connectivity index (χ0n) is 10.1. The first kappa shape index (κ1) is 12.5. The number of thiazole rings is 1. The second-order valence-corrected chi connectivity index (χ2v) is 4.55. The van der Waals surface area contributed by atoms with Crippen LogP contribution in [0.25, 0.3) is 10.2 Å². The van der Waals surface area contributed by atoms with Crippen molar-refractivity contribution in [1.82, 2.24) is 10.4 Å². The molecule has 0 aliphatic heterocycles. The molecule has 0 spiro atoms. The van der Waals surface area contributed by atoms with Crippen LogP contribution in [0.4, 0.5) is 4.79 Å². The van der Waals surface area contributed by atoms with E-state index in [9.17, 15) is 4.79 Å². The number of hydrogen-bond acceptors (Lipinski definition) is 5. The lowest BCUT2D eigenvalue weighted by Crippen LogP contribution is -2.20. The normalized spacial score (nSPS) is 11.6. The number of carbonyl (C=O) groups is 1. The number of carbonyl (C=O) groups excluding carboxylic acids is 1. The number of ether oxygens (including phenoxy) is 1. The van der Waals surface area contributed by atoms with Crippen molar-refractivity contribution in [1.29, 1.82) is 0 Å². The molecule has 1 amide bonds. The third-order valence-electron chi connectivity index (χ3n) is 2.19. The molecule has 0 unspecified atom stereocenters. The number of aromatic nitrogens is 1. The summed E-state index contributed by atoms with van der Waals surface area (Å²) in [5.74, 6) is 0. The van der Waals surface area contributed by atoms with Gasteiger partial charge in [-0.3, -0.25) is 0 Å². The van der Waals surface area contributed by atoms with Crippen molar-refractivity contribution in [2.24, 2.45) is 5.10 Å². The van der Waals surface area contributed by atoms with Crippen molar-refractivity contribution >= 4 is 33.4 Å². The minimum absolute atomic E-state index is 0.321. The molecule has 5 nitrogen and oxygen atoms in total. The van der Waals surface area contributed by atoms with E-state index in [1.54, 1.807) is 13.8 Å². The number of rotatable bonds is 3. The largest absolute Gasteiger partial charge is 0.449 e. The minimum Gasteiger partial charge on any atom is -0.449 e. The molecule has 0 atom stereocenters. The highest BCUT2D eigenvalue weighted by atomic mass is 32.1. The number of hydrazone groups is 1. The lowest BCUT2D eigenvalue weighted by Gasteiger charge is -2.00. The Hall–Kier alpha value is -1.95. The van der Waals surface area contributed by atoms with Crippen LogP contribution < -0.4 is 5.43 Å². The molecule has 6 heteroatoms. The number of para-hydroxylation sites is 1. The standard InChI is InChI=1S/C12H13N3O2S/c1-3-17-12(16)15-14-8(2)11-13-9-6-4-5-7-10(9)18-11/h4-7H,3H2,1-2H3,(H,15,16)/b14-8+. The van der Waals surface area contributed by atoms with Crippen LogP contribution in [0.3, 0.4) is 0 Å². The maximum atomic E-state index is 11.1. The molecule has 94 valence electrons. The molecule has 0 radical (unpaired) electrons. The fraction of sp³-hybridized carbons (Fsp3) is 0.250. The SMILES string of the molecule is CCOC(=O)N/N=C(\C)c1nc2ccccc2s1. The zero-order valence-corrected chi connectivity index (χ0v) is 11.0. The van der Waals surface area contributed by atoms with Gasteiger partial charge in [0.05, 0.1) is 22.5 Å². The molecule has 0 bridgehead atoms. The predicted molar refractivity (Wildman–Crippen MR) is 72.0 cm³/mol. The number of amides is 1. The molecule has 1 heterocycles. The van der Waals surface area contributed by atoms with Gasteiger partial charge in [0, 0.05) is 0 Å². The average molecular weight is 263 g/mol. The molecule has 0 aliphatic rings. The summed E-state index contributed by atoms with van der Waals surface area (Å²) < 4.78 is 5.81. The summed E-state index contributed by atoms with van der Waals surface area (Å²) in [5, 5.41) is 4.73. The molecule has 1 aromatic heterocycles. The van der Waals surface area contributed by atoms with Gasteiger partial charge in [0.2, 0.25) is 0 Å². The second-order valence-electron chi connectivity index (χ2n) is 3.52. The lowest BCUT2D eigenvalue weighted by atomic mass is 10.3. The summed E-state index contributed by atoms with van der Waals surface area (Å²) in [6.45, 7) is 3.86. The Morgan fingerprint density at radius 2 is 2.28 bits per heavy atom. The number of fused-ring (bicyclic) bond motifs is 1. The van der Waals surface area contributed by atoms with Crippen LogP contribution in [0.5, 0.6) is 0 Å². The maximum absolute atomic E-state index is 11.1. The molecule has 1 N–H and O–H groups in total. The van der Waals surface area contributed by atoms with E-state index in [2.05, 4.69) is 15.5 Å². The number of nitrogens with zero attached hydrogens (tertiary/aromatic N) is 2. The summed E-state index contributed by atoms with van der Waals surface area (Å²) in [6.07, 6.45) is -0.557. The molecule has 0 fully saturated rings. The number of hydrogen-bond donors (Lipinski definition) is 1. The molecule has 0 aliphatic carbocycles. The highest BCUT2D eigenvalue weighted by Crippen LogP contribution is 2.21. The summed E-state index contributed by atoms with van der Waals surface area (Å²) in [7, 11) is 0. The highest BCUT2D eigenvalue weighted by Gasteiger charge is 2.06. The summed E-state index contributed by atoms with van der Waals surface area (Å²) in [4.78, 5) is 15.5. The molecular weight excluding hydrogens is 250 g/mol. The molecule has 0 saturated heterocycles. The molecule has 2 aromatic rings. The van der Waals surface area contributed by atoms with E-state index >= 15 is 0 Å². The zero-order chi connectivity index (χ0) is 13.0. The second kappa shape index (κ2) is 5.59. The topological polar surface area (TPSA) is 63.6 Å². The molecule has 18 heavy (non-hydrogen) atoms. The van der Waals surface area contributed by atoms with Crippen LogP contribution in [0.1, 0.15) is 18.9 Å². The maximum Gasteiger partial charge on any atom is 0.427 e. The fourth-order valence-corrected chi connectivity index (χ4v) is 2.28. The van der Waals surface area contributed by atoms with Gasteiger partial charge in [0.15, 0.2) is 0 Å². The smallest absolute Gasteiger partial charge is 0.427 e. The van der Waals surface area contributed by atoms with Gasteiger partial charge >= 0.3 is 6.09 Å². The van der Waals surface area contributed by atoms with Crippen LogP contribution in [0.2, 0.25) is 0 Å². The summed E-state index contributed by atoms with van der Waals surface area (Å²) >= 11 is 1.54. The van der Waals surface area contributed by atoms with Crippen molar-refractivity contribution in [3.63, 3.8) is 0 Å². The van der Waals surface area contributed by atoms with E-state index < -0.39 is 6.09 Å². The van der Waals surface area contributed by atoms with Crippen molar-refractivity contribution in [2.45, 2.75) is 13.8 Å².